The number of esters is 1. The molecule has 3 heteroatoms. The fraction of sp³-hybridized carbons (Fsp3) is 0.562. The molecule has 3 nitrogen and oxygen atoms in total. The quantitative estimate of drug-likeness (QED) is 0.842. The van der Waals surface area contributed by atoms with Crippen LogP contribution >= 0.6 is 0 Å². The summed E-state index contributed by atoms with van der Waals surface area (Å²) in [5.41, 5.74) is 1.45. The molecule has 0 atom stereocenters. The minimum Gasteiger partial charge on any atom is -0.508 e. The maximum absolute atomic E-state index is 11.5. The van der Waals surface area contributed by atoms with Gasteiger partial charge in [0.05, 0.1) is 12.7 Å². The van der Waals surface area contributed by atoms with Gasteiger partial charge in [-0.3, -0.25) is 0 Å². The number of phenolic OH excluding ortho intramolecular Hbond substituents is 1. The average molecular weight is 262 g/mol. The van der Waals surface area contributed by atoms with Gasteiger partial charge < -0.3 is 9.84 Å². The van der Waals surface area contributed by atoms with Crippen LogP contribution < -0.4 is 0 Å². The summed E-state index contributed by atoms with van der Waals surface area (Å²) >= 11 is 0. The third-order valence-corrected chi connectivity index (χ3v) is 3.96. The van der Waals surface area contributed by atoms with E-state index < -0.39 is 5.97 Å². The van der Waals surface area contributed by atoms with Crippen molar-refractivity contribution in [1.82, 2.24) is 0 Å². The van der Waals surface area contributed by atoms with Crippen molar-refractivity contribution in [2.24, 2.45) is 5.92 Å². The molecule has 0 unspecified atom stereocenters. The lowest BCUT2D eigenvalue weighted by Crippen LogP contribution is -2.08. The Morgan fingerprint density at radius 2 is 2.00 bits per heavy atom. The number of benzene rings is 1. The second-order valence-electron chi connectivity index (χ2n) is 5.42. The fourth-order valence-corrected chi connectivity index (χ4v) is 2.90. The van der Waals surface area contributed by atoms with Gasteiger partial charge in [0, 0.05) is 0 Å². The van der Waals surface area contributed by atoms with Crippen molar-refractivity contribution in [2.75, 3.05) is 7.11 Å². The van der Waals surface area contributed by atoms with Crippen molar-refractivity contribution >= 4 is 5.97 Å². The first-order chi connectivity index (χ1) is 9.19. The Morgan fingerprint density at radius 3 is 2.68 bits per heavy atom. The minimum atomic E-state index is -0.394. The van der Waals surface area contributed by atoms with Crippen molar-refractivity contribution in [3.8, 4) is 5.75 Å². The molecule has 0 bridgehead atoms. The Bertz CT molecular complexity index is 434. The summed E-state index contributed by atoms with van der Waals surface area (Å²) in [5, 5.41) is 9.67. The van der Waals surface area contributed by atoms with Gasteiger partial charge in [-0.15, -0.1) is 0 Å². The molecule has 1 aromatic rings. The second kappa shape index (κ2) is 6.60. The lowest BCUT2D eigenvalue weighted by Gasteiger charge is -2.21. The first-order valence-electron chi connectivity index (χ1n) is 7.10. The molecule has 1 fully saturated rings. The Labute approximate surface area is 114 Å². The van der Waals surface area contributed by atoms with Gasteiger partial charge in [-0.1, -0.05) is 32.1 Å². The van der Waals surface area contributed by atoms with Gasteiger partial charge in [-0.05, 0) is 42.5 Å². The van der Waals surface area contributed by atoms with Crippen LogP contribution in [0.3, 0.4) is 0 Å². The number of carbonyl (C=O) groups excluding carboxylic acids is 1. The summed E-state index contributed by atoms with van der Waals surface area (Å²) in [5.74, 6) is 0.550. The van der Waals surface area contributed by atoms with E-state index >= 15 is 0 Å². The summed E-state index contributed by atoms with van der Waals surface area (Å²) in [6.45, 7) is 0. The van der Waals surface area contributed by atoms with Crippen molar-refractivity contribution in [2.45, 2.75) is 44.9 Å². The van der Waals surface area contributed by atoms with Crippen LogP contribution in [0.2, 0.25) is 0 Å². The van der Waals surface area contributed by atoms with E-state index in [1.54, 1.807) is 6.07 Å². The summed E-state index contributed by atoms with van der Waals surface area (Å²) in [6.07, 6.45) is 8.77. The van der Waals surface area contributed by atoms with E-state index in [1.165, 1.54) is 45.3 Å². The van der Waals surface area contributed by atoms with E-state index in [0.29, 0.717) is 5.56 Å². The molecule has 0 amide bonds. The number of aromatic hydroxyl groups is 1. The topological polar surface area (TPSA) is 46.5 Å². The summed E-state index contributed by atoms with van der Waals surface area (Å²) in [4.78, 5) is 11.5. The summed E-state index contributed by atoms with van der Waals surface area (Å²) in [6, 6.07) is 5.03. The molecule has 1 saturated carbocycles. The van der Waals surface area contributed by atoms with E-state index in [-0.39, 0.29) is 5.75 Å². The Hall–Kier alpha value is -1.51. The summed E-state index contributed by atoms with van der Waals surface area (Å²) in [7, 11) is 1.36. The van der Waals surface area contributed by atoms with Gasteiger partial charge in [0.2, 0.25) is 0 Å². The molecule has 0 heterocycles. The highest BCUT2D eigenvalue weighted by Gasteiger charge is 2.14. The number of ether oxygens (including phenoxy) is 1. The lowest BCUT2D eigenvalue weighted by molar-refractivity contribution is 0.0600. The maximum Gasteiger partial charge on any atom is 0.337 e. The molecule has 2 rings (SSSR count). The molecule has 19 heavy (non-hydrogen) atoms. The molecule has 0 aliphatic heterocycles. The van der Waals surface area contributed by atoms with Gasteiger partial charge in [0.25, 0.3) is 0 Å². The molecule has 1 aliphatic rings. The Morgan fingerprint density at radius 1 is 1.26 bits per heavy atom. The van der Waals surface area contributed by atoms with Crippen molar-refractivity contribution in [1.29, 1.82) is 0 Å². The molecule has 1 aliphatic carbocycles. The van der Waals surface area contributed by atoms with Gasteiger partial charge in [-0.2, -0.15) is 0 Å². The Kier molecular flexibility index (Phi) is 4.83. The molecule has 104 valence electrons. The van der Waals surface area contributed by atoms with E-state index in [1.807, 2.05) is 6.07 Å². The van der Waals surface area contributed by atoms with Gasteiger partial charge in [-0.25, -0.2) is 4.79 Å². The molecule has 0 spiro atoms. The fourth-order valence-electron chi connectivity index (χ4n) is 2.90. The monoisotopic (exact) mass is 262 g/mol. The van der Waals surface area contributed by atoms with Gasteiger partial charge in [0.15, 0.2) is 0 Å². The van der Waals surface area contributed by atoms with Gasteiger partial charge >= 0.3 is 5.97 Å². The molecule has 0 radical (unpaired) electrons. The number of hydrogen-bond acceptors (Lipinski definition) is 3. The first kappa shape index (κ1) is 13.9. The van der Waals surface area contributed by atoms with E-state index in [9.17, 15) is 9.90 Å². The highest BCUT2D eigenvalue weighted by atomic mass is 16.5. The highest BCUT2D eigenvalue weighted by molar-refractivity contribution is 5.90. The summed E-state index contributed by atoms with van der Waals surface area (Å²) < 4.78 is 4.69. The van der Waals surface area contributed by atoms with E-state index in [0.717, 1.165) is 24.3 Å². The standard InChI is InChI=1S/C16H22O3/c1-19-16(18)14-9-13(10-15(17)11-14)8-7-12-5-3-2-4-6-12/h9-12,17H,2-8H2,1H3. The molecule has 0 saturated heterocycles. The second-order valence-corrected chi connectivity index (χ2v) is 5.42. The van der Waals surface area contributed by atoms with Crippen LogP contribution in [0.15, 0.2) is 18.2 Å². The number of phenols is 1. The number of methoxy groups -OCH3 is 1. The van der Waals surface area contributed by atoms with Crippen molar-refractivity contribution in [3.05, 3.63) is 29.3 Å². The first-order valence-corrected chi connectivity index (χ1v) is 7.10. The highest BCUT2D eigenvalue weighted by Crippen LogP contribution is 2.28. The zero-order valence-electron chi connectivity index (χ0n) is 11.5. The number of aryl methyl sites for hydroxylation is 1. The van der Waals surface area contributed by atoms with Crippen LogP contribution in [0, 0.1) is 5.92 Å². The largest absolute Gasteiger partial charge is 0.508 e. The number of hydrogen-bond donors (Lipinski definition) is 1. The van der Waals surface area contributed by atoms with Crippen molar-refractivity contribution < 1.29 is 14.6 Å². The minimum absolute atomic E-state index is 0.140. The van der Waals surface area contributed by atoms with Crippen LogP contribution in [0.5, 0.6) is 5.75 Å². The zero-order chi connectivity index (χ0) is 13.7. The maximum atomic E-state index is 11.5. The third-order valence-electron chi connectivity index (χ3n) is 3.96. The smallest absolute Gasteiger partial charge is 0.337 e. The van der Waals surface area contributed by atoms with Crippen LogP contribution in [0.1, 0.15) is 54.4 Å². The van der Waals surface area contributed by atoms with Crippen LogP contribution in [0.25, 0.3) is 0 Å². The van der Waals surface area contributed by atoms with E-state index in [2.05, 4.69) is 0 Å². The predicted octanol–water partition coefficient (Wildman–Crippen LogP) is 3.69. The lowest BCUT2D eigenvalue weighted by atomic mass is 9.85. The molecular formula is C16H22O3. The average Bonchev–Trinajstić information content (AvgIpc) is 2.45. The normalized spacial score (nSPS) is 16.3. The van der Waals surface area contributed by atoms with Crippen LogP contribution in [-0.2, 0) is 11.2 Å². The predicted molar refractivity (Wildman–Crippen MR) is 74.3 cm³/mol. The molecule has 1 aromatic carbocycles. The molecular weight excluding hydrogens is 240 g/mol. The number of carbonyl (C=O) groups is 1. The number of rotatable bonds is 4. The van der Waals surface area contributed by atoms with Crippen LogP contribution in [-0.4, -0.2) is 18.2 Å². The SMILES string of the molecule is COC(=O)c1cc(O)cc(CCC2CCCCC2)c1. The van der Waals surface area contributed by atoms with Crippen LogP contribution in [0.4, 0.5) is 0 Å². The zero-order valence-corrected chi connectivity index (χ0v) is 11.5. The Balaban J connectivity index is 1.99. The molecule has 1 N–H and O–H groups in total. The van der Waals surface area contributed by atoms with Crippen molar-refractivity contribution in [3.63, 3.8) is 0 Å². The third kappa shape index (κ3) is 3.98. The molecule has 0 aromatic heterocycles. The van der Waals surface area contributed by atoms with E-state index in [4.69, 9.17) is 4.74 Å². The van der Waals surface area contributed by atoms with Gasteiger partial charge in [0.1, 0.15) is 5.75 Å².